The summed E-state index contributed by atoms with van der Waals surface area (Å²) in [7, 11) is 0. The maximum absolute atomic E-state index is 12.0. The Kier molecular flexibility index (Phi) is 4.89. The highest BCUT2D eigenvalue weighted by molar-refractivity contribution is 5.82. The number of carbonyl (C=O) groups is 1. The smallest absolute Gasteiger partial charge is 0.237 e. The Morgan fingerprint density at radius 1 is 1.55 bits per heavy atom. The second kappa shape index (κ2) is 6.65. The molecule has 2 rings (SSSR count). The van der Waals surface area contributed by atoms with Gasteiger partial charge in [-0.2, -0.15) is 5.10 Å². The number of nitrogens with zero attached hydrogens (tertiary/aromatic N) is 3. The second-order valence-electron chi connectivity index (χ2n) is 5.65. The molecule has 3 N–H and O–H groups in total. The number of hydrogen-bond acceptors (Lipinski definition) is 5. The Balaban J connectivity index is 1.92. The number of piperidine rings is 1. The first-order valence-corrected chi connectivity index (χ1v) is 7.16. The first-order chi connectivity index (χ1) is 9.58. The largest absolute Gasteiger partial charge is 0.353 e. The Labute approximate surface area is 119 Å². The summed E-state index contributed by atoms with van der Waals surface area (Å²) in [5, 5.41) is 11.1. The van der Waals surface area contributed by atoms with Crippen molar-refractivity contribution < 1.29 is 4.79 Å². The Hall–Kier alpha value is -1.69. The first kappa shape index (κ1) is 14.7. The fourth-order valence-electron chi connectivity index (χ4n) is 2.37. The minimum atomic E-state index is -0.443. The Morgan fingerprint density at radius 3 is 3.00 bits per heavy atom. The average molecular weight is 277 g/mol. The van der Waals surface area contributed by atoms with Crippen molar-refractivity contribution in [2.75, 3.05) is 18.0 Å². The average Bonchev–Trinajstić information content (AvgIpc) is 2.47. The summed E-state index contributed by atoms with van der Waals surface area (Å²) in [6.07, 6.45) is 3.67. The molecule has 1 aliphatic heterocycles. The van der Waals surface area contributed by atoms with Crippen LogP contribution in [-0.2, 0) is 4.79 Å². The lowest BCUT2D eigenvalue weighted by molar-refractivity contribution is -0.124. The van der Waals surface area contributed by atoms with Gasteiger partial charge in [0, 0.05) is 25.3 Å². The minimum Gasteiger partial charge on any atom is -0.353 e. The van der Waals surface area contributed by atoms with E-state index in [4.69, 9.17) is 5.73 Å². The normalized spacial score (nSPS) is 20.8. The van der Waals surface area contributed by atoms with Gasteiger partial charge in [0.15, 0.2) is 5.82 Å². The van der Waals surface area contributed by atoms with Crippen LogP contribution in [0.25, 0.3) is 0 Å². The van der Waals surface area contributed by atoms with Crippen LogP contribution in [0.3, 0.4) is 0 Å². The van der Waals surface area contributed by atoms with Gasteiger partial charge in [0.05, 0.1) is 6.04 Å². The van der Waals surface area contributed by atoms with Gasteiger partial charge in [-0.05, 0) is 30.9 Å². The van der Waals surface area contributed by atoms with Crippen molar-refractivity contribution in [3.8, 4) is 0 Å². The molecule has 1 aromatic rings. The van der Waals surface area contributed by atoms with E-state index in [0.717, 1.165) is 31.7 Å². The quantitative estimate of drug-likeness (QED) is 0.839. The molecular weight excluding hydrogens is 254 g/mol. The van der Waals surface area contributed by atoms with Crippen molar-refractivity contribution in [1.29, 1.82) is 0 Å². The van der Waals surface area contributed by atoms with Crippen LogP contribution in [0.15, 0.2) is 18.3 Å². The molecule has 1 amide bonds. The van der Waals surface area contributed by atoms with Gasteiger partial charge in [0.2, 0.25) is 5.91 Å². The molecular formula is C14H23N5O. The molecule has 1 saturated heterocycles. The summed E-state index contributed by atoms with van der Waals surface area (Å²) in [6.45, 7) is 5.62. The molecule has 20 heavy (non-hydrogen) atoms. The van der Waals surface area contributed by atoms with Crippen LogP contribution < -0.4 is 16.0 Å². The molecule has 110 valence electrons. The third kappa shape index (κ3) is 3.66. The number of amides is 1. The predicted octanol–water partition coefficient (Wildman–Crippen LogP) is 0.545. The van der Waals surface area contributed by atoms with Gasteiger partial charge in [0.1, 0.15) is 0 Å². The zero-order valence-electron chi connectivity index (χ0n) is 12.1. The number of rotatable bonds is 4. The fraction of sp³-hybridized carbons (Fsp3) is 0.643. The van der Waals surface area contributed by atoms with Crippen LogP contribution in [0, 0.1) is 5.92 Å². The van der Waals surface area contributed by atoms with E-state index < -0.39 is 6.04 Å². The predicted molar refractivity (Wildman–Crippen MR) is 78.2 cm³/mol. The van der Waals surface area contributed by atoms with Crippen LogP contribution in [-0.4, -0.2) is 41.3 Å². The molecule has 1 fully saturated rings. The lowest BCUT2D eigenvalue weighted by atomic mass is 10.0. The first-order valence-electron chi connectivity index (χ1n) is 7.16. The molecule has 2 atom stereocenters. The molecule has 0 aliphatic carbocycles. The van der Waals surface area contributed by atoms with E-state index in [1.165, 1.54) is 0 Å². The van der Waals surface area contributed by atoms with Crippen LogP contribution in [0.1, 0.15) is 26.7 Å². The molecule has 0 radical (unpaired) electrons. The van der Waals surface area contributed by atoms with Gasteiger partial charge in [-0.25, -0.2) is 0 Å². The number of carbonyl (C=O) groups excluding carboxylic acids is 1. The van der Waals surface area contributed by atoms with Crippen molar-refractivity contribution >= 4 is 11.7 Å². The number of hydrogen-bond donors (Lipinski definition) is 2. The van der Waals surface area contributed by atoms with E-state index >= 15 is 0 Å². The van der Waals surface area contributed by atoms with Crippen LogP contribution in [0.4, 0.5) is 5.82 Å². The molecule has 1 unspecified atom stereocenters. The molecule has 1 aromatic heterocycles. The van der Waals surface area contributed by atoms with Crippen LogP contribution >= 0.6 is 0 Å². The standard InChI is InChI=1S/C14H23N5O/c1-10(2)13(15)14(20)17-11-5-4-8-19(9-11)12-6-3-7-16-18-12/h3,6-7,10-11,13H,4-5,8-9,15H2,1-2H3,(H,17,20)/t11?,13-/m0/s1. The third-order valence-corrected chi connectivity index (χ3v) is 3.67. The number of aromatic nitrogens is 2. The maximum atomic E-state index is 12.0. The van der Waals surface area contributed by atoms with Gasteiger partial charge in [-0.1, -0.05) is 13.8 Å². The SMILES string of the molecule is CC(C)[C@H](N)C(=O)NC1CCCN(c2cccnn2)C1. The molecule has 0 aromatic carbocycles. The summed E-state index contributed by atoms with van der Waals surface area (Å²) in [6, 6.07) is 3.50. The Bertz CT molecular complexity index is 436. The Morgan fingerprint density at radius 2 is 2.35 bits per heavy atom. The summed E-state index contributed by atoms with van der Waals surface area (Å²) < 4.78 is 0. The molecule has 0 spiro atoms. The maximum Gasteiger partial charge on any atom is 0.237 e. The summed E-state index contributed by atoms with van der Waals surface area (Å²) >= 11 is 0. The minimum absolute atomic E-state index is 0.0639. The van der Waals surface area contributed by atoms with Crippen molar-refractivity contribution in [3.05, 3.63) is 18.3 Å². The molecule has 0 bridgehead atoms. The van der Waals surface area contributed by atoms with E-state index in [0.29, 0.717) is 0 Å². The summed E-state index contributed by atoms with van der Waals surface area (Å²) in [4.78, 5) is 14.2. The van der Waals surface area contributed by atoms with E-state index in [1.54, 1.807) is 6.20 Å². The lowest BCUT2D eigenvalue weighted by Gasteiger charge is -2.34. The van der Waals surface area contributed by atoms with Crippen molar-refractivity contribution in [1.82, 2.24) is 15.5 Å². The van der Waals surface area contributed by atoms with Crippen molar-refractivity contribution in [3.63, 3.8) is 0 Å². The fourth-order valence-corrected chi connectivity index (χ4v) is 2.37. The highest BCUT2D eigenvalue weighted by Gasteiger charge is 2.25. The number of anilines is 1. The van der Waals surface area contributed by atoms with E-state index in [1.807, 2.05) is 26.0 Å². The second-order valence-corrected chi connectivity index (χ2v) is 5.65. The molecule has 6 heteroatoms. The van der Waals surface area contributed by atoms with Crippen molar-refractivity contribution in [2.24, 2.45) is 11.7 Å². The topological polar surface area (TPSA) is 84.1 Å². The van der Waals surface area contributed by atoms with Crippen LogP contribution in [0.2, 0.25) is 0 Å². The van der Waals surface area contributed by atoms with Gasteiger partial charge >= 0.3 is 0 Å². The highest BCUT2D eigenvalue weighted by atomic mass is 16.2. The monoisotopic (exact) mass is 277 g/mol. The third-order valence-electron chi connectivity index (χ3n) is 3.67. The van der Waals surface area contributed by atoms with Gasteiger partial charge < -0.3 is 16.0 Å². The zero-order chi connectivity index (χ0) is 14.5. The number of nitrogens with two attached hydrogens (primary N) is 1. The molecule has 1 aliphatic rings. The van der Waals surface area contributed by atoms with Gasteiger partial charge in [-0.3, -0.25) is 4.79 Å². The molecule has 6 nitrogen and oxygen atoms in total. The van der Waals surface area contributed by atoms with Crippen LogP contribution in [0.5, 0.6) is 0 Å². The lowest BCUT2D eigenvalue weighted by Crippen LogP contribution is -2.53. The number of nitrogens with one attached hydrogen (secondary N) is 1. The van der Waals surface area contributed by atoms with Gasteiger partial charge in [0.25, 0.3) is 0 Å². The van der Waals surface area contributed by atoms with E-state index in [9.17, 15) is 4.79 Å². The van der Waals surface area contributed by atoms with E-state index in [-0.39, 0.29) is 17.9 Å². The molecule has 2 heterocycles. The highest BCUT2D eigenvalue weighted by Crippen LogP contribution is 2.16. The van der Waals surface area contributed by atoms with Crippen molar-refractivity contribution in [2.45, 2.75) is 38.8 Å². The van der Waals surface area contributed by atoms with Gasteiger partial charge in [-0.15, -0.1) is 5.10 Å². The van der Waals surface area contributed by atoms with E-state index in [2.05, 4.69) is 20.4 Å². The summed E-state index contributed by atoms with van der Waals surface area (Å²) in [5.74, 6) is 0.945. The zero-order valence-corrected chi connectivity index (χ0v) is 12.1. The molecule has 0 saturated carbocycles. The summed E-state index contributed by atoms with van der Waals surface area (Å²) in [5.41, 5.74) is 5.87.